The summed E-state index contributed by atoms with van der Waals surface area (Å²) in [5.41, 5.74) is -0.0782. The van der Waals surface area contributed by atoms with Gasteiger partial charge in [0.15, 0.2) is 5.57 Å². The lowest BCUT2D eigenvalue weighted by Gasteiger charge is -2.21. The van der Waals surface area contributed by atoms with Gasteiger partial charge in [-0.1, -0.05) is 0 Å². The number of ether oxygens (including phenoxy) is 2. The molecule has 2 N–H and O–H groups in total. The summed E-state index contributed by atoms with van der Waals surface area (Å²) in [5, 5.41) is 6.45. The van der Waals surface area contributed by atoms with Crippen LogP contribution in [0.5, 0.6) is 0 Å². The third kappa shape index (κ3) is 6.79. The van der Waals surface area contributed by atoms with Crippen molar-refractivity contribution in [3.63, 3.8) is 0 Å². The van der Waals surface area contributed by atoms with E-state index in [4.69, 9.17) is 13.9 Å². The Hall–Kier alpha value is -2.52. The maximum absolute atomic E-state index is 12.3. The van der Waals surface area contributed by atoms with Crippen molar-refractivity contribution >= 4 is 11.9 Å². The van der Waals surface area contributed by atoms with E-state index in [1.165, 1.54) is 0 Å². The molecule has 0 unspecified atom stereocenters. The summed E-state index contributed by atoms with van der Waals surface area (Å²) in [7, 11) is 3.99. The Labute approximate surface area is 172 Å². The molecule has 9 nitrogen and oxygen atoms in total. The number of carbonyl (C=O) groups is 2. The number of esters is 2. The van der Waals surface area contributed by atoms with Crippen LogP contribution in [0, 0.1) is 0 Å². The lowest BCUT2D eigenvalue weighted by molar-refractivity contribution is -0.146. The molecule has 0 aromatic carbocycles. The van der Waals surface area contributed by atoms with Crippen LogP contribution in [0.3, 0.4) is 0 Å². The fraction of sp³-hybridized carbons (Fsp3) is 0.600. The van der Waals surface area contributed by atoms with Crippen LogP contribution in [-0.4, -0.2) is 75.2 Å². The predicted octanol–water partition coefficient (Wildman–Crippen LogP) is 0.674. The van der Waals surface area contributed by atoms with E-state index in [0.29, 0.717) is 38.5 Å². The molecule has 0 spiro atoms. The van der Waals surface area contributed by atoms with Gasteiger partial charge < -0.3 is 34.3 Å². The molecule has 1 aliphatic rings. The van der Waals surface area contributed by atoms with Gasteiger partial charge in [-0.15, -0.1) is 0 Å². The second-order valence-corrected chi connectivity index (χ2v) is 6.86. The molecule has 1 aliphatic heterocycles. The van der Waals surface area contributed by atoms with Crippen molar-refractivity contribution in [2.24, 2.45) is 0 Å². The SMILES string of the molecule is CCOC(=O)C(C(=O)OCC)=C1NCCN1CCNCc1ccc(CN(C)C)o1. The van der Waals surface area contributed by atoms with Crippen LogP contribution < -0.4 is 10.6 Å². The van der Waals surface area contributed by atoms with E-state index in [9.17, 15) is 9.59 Å². The Morgan fingerprint density at radius 2 is 1.83 bits per heavy atom. The molecule has 2 heterocycles. The fourth-order valence-corrected chi connectivity index (χ4v) is 3.03. The lowest BCUT2D eigenvalue weighted by Crippen LogP contribution is -2.33. The normalized spacial score (nSPS) is 13.6. The number of furan rings is 1. The molecule has 0 aliphatic carbocycles. The number of hydrogen-bond donors (Lipinski definition) is 2. The Morgan fingerprint density at radius 3 is 2.45 bits per heavy atom. The highest BCUT2D eigenvalue weighted by Gasteiger charge is 2.31. The highest BCUT2D eigenvalue weighted by atomic mass is 16.6. The number of carbonyl (C=O) groups excluding carboxylic acids is 2. The first-order valence-corrected chi connectivity index (χ1v) is 9.96. The maximum atomic E-state index is 12.3. The Balaban J connectivity index is 1.94. The Morgan fingerprint density at radius 1 is 1.17 bits per heavy atom. The average molecular weight is 408 g/mol. The second kappa shape index (κ2) is 11.5. The zero-order valence-corrected chi connectivity index (χ0v) is 17.7. The number of rotatable bonds is 11. The highest BCUT2D eigenvalue weighted by molar-refractivity contribution is 6.14. The van der Waals surface area contributed by atoms with E-state index >= 15 is 0 Å². The third-order valence-electron chi connectivity index (χ3n) is 4.23. The quantitative estimate of drug-likeness (QED) is 0.180. The highest BCUT2D eigenvalue weighted by Crippen LogP contribution is 2.16. The van der Waals surface area contributed by atoms with Gasteiger partial charge in [-0.05, 0) is 40.1 Å². The van der Waals surface area contributed by atoms with Crippen molar-refractivity contribution in [3.05, 3.63) is 35.0 Å². The molecule has 0 atom stereocenters. The van der Waals surface area contributed by atoms with Gasteiger partial charge in [0, 0.05) is 26.2 Å². The van der Waals surface area contributed by atoms with Crippen LogP contribution in [0.25, 0.3) is 0 Å². The van der Waals surface area contributed by atoms with E-state index in [1.807, 2.05) is 31.1 Å². The van der Waals surface area contributed by atoms with Gasteiger partial charge in [0.25, 0.3) is 0 Å². The Bertz CT molecular complexity index is 693. The van der Waals surface area contributed by atoms with E-state index in [0.717, 1.165) is 18.1 Å². The smallest absolute Gasteiger partial charge is 0.349 e. The summed E-state index contributed by atoms with van der Waals surface area (Å²) in [4.78, 5) is 28.6. The number of nitrogens with zero attached hydrogens (tertiary/aromatic N) is 2. The van der Waals surface area contributed by atoms with Crippen molar-refractivity contribution in [1.82, 2.24) is 20.4 Å². The summed E-state index contributed by atoms with van der Waals surface area (Å²) in [5.74, 6) is 0.926. The van der Waals surface area contributed by atoms with Crippen LogP contribution in [0.2, 0.25) is 0 Å². The molecular formula is C20H32N4O5. The minimum absolute atomic E-state index is 0.0782. The van der Waals surface area contributed by atoms with Crippen molar-refractivity contribution in [2.75, 3.05) is 53.5 Å². The molecule has 0 radical (unpaired) electrons. The van der Waals surface area contributed by atoms with E-state index in [-0.39, 0.29) is 18.8 Å². The largest absolute Gasteiger partial charge is 0.463 e. The molecule has 1 saturated heterocycles. The van der Waals surface area contributed by atoms with Gasteiger partial charge >= 0.3 is 11.9 Å². The molecule has 29 heavy (non-hydrogen) atoms. The van der Waals surface area contributed by atoms with Gasteiger partial charge in [-0.3, -0.25) is 0 Å². The van der Waals surface area contributed by atoms with Crippen molar-refractivity contribution in [3.8, 4) is 0 Å². The van der Waals surface area contributed by atoms with E-state index in [2.05, 4.69) is 15.5 Å². The molecule has 2 rings (SSSR count). The molecule has 1 aromatic heterocycles. The van der Waals surface area contributed by atoms with Gasteiger partial charge in [0.1, 0.15) is 17.3 Å². The standard InChI is InChI=1S/C20H32N4O5/c1-5-27-19(25)17(20(26)28-6-2)18-22-10-12-24(18)11-9-21-13-15-7-8-16(29-15)14-23(3)4/h7-8,21-22H,5-6,9-14H2,1-4H3. The fourth-order valence-electron chi connectivity index (χ4n) is 3.03. The first kappa shape index (κ1) is 22.8. The lowest BCUT2D eigenvalue weighted by atomic mass is 10.2. The van der Waals surface area contributed by atoms with Crippen LogP contribution in [0.1, 0.15) is 25.4 Å². The molecular weight excluding hydrogens is 376 g/mol. The maximum Gasteiger partial charge on any atom is 0.349 e. The van der Waals surface area contributed by atoms with Crippen molar-refractivity contribution < 1.29 is 23.5 Å². The Kier molecular flexibility index (Phi) is 9.01. The predicted molar refractivity (Wildman–Crippen MR) is 108 cm³/mol. The average Bonchev–Trinajstić information content (AvgIpc) is 3.29. The second-order valence-electron chi connectivity index (χ2n) is 6.86. The van der Waals surface area contributed by atoms with Gasteiger partial charge in [-0.25, -0.2) is 9.59 Å². The summed E-state index contributed by atoms with van der Waals surface area (Å²) in [6.45, 7) is 7.77. The molecule has 9 heteroatoms. The van der Waals surface area contributed by atoms with E-state index in [1.54, 1.807) is 13.8 Å². The minimum atomic E-state index is -0.669. The summed E-state index contributed by atoms with van der Waals surface area (Å²) < 4.78 is 15.9. The van der Waals surface area contributed by atoms with Crippen LogP contribution in [0.15, 0.2) is 27.9 Å². The van der Waals surface area contributed by atoms with Crippen LogP contribution in [0.4, 0.5) is 0 Å². The zero-order valence-electron chi connectivity index (χ0n) is 17.7. The van der Waals surface area contributed by atoms with Gasteiger partial charge in [-0.2, -0.15) is 0 Å². The van der Waals surface area contributed by atoms with Crippen molar-refractivity contribution in [2.45, 2.75) is 26.9 Å². The molecule has 1 aromatic rings. The van der Waals surface area contributed by atoms with Gasteiger partial charge in [0.2, 0.25) is 0 Å². The minimum Gasteiger partial charge on any atom is -0.463 e. The number of nitrogens with one attached hydrogen (secondary N) is 2. The summed E-state index contributed by atoms with van der Waals surface area (Å²) in [6, 6.07) is 3.95. The van der Waals surface area contributed by atoms with Crippen LogP contribution >= 0.6 is 0 Å². The summed E-state index contributed by atoms with van der Waals surface area (Å²) in [6.07, 6.45) is 0. The molecule has 0 amide bonds. The van der Waals surface area contributed by atoms with Gasteiger partial charge in [0.05, 0.1) is 26.3 Å². The van der Waals surface area contributed by atoms with Crippen LogP contribution in [-0.2, 0) is 32.2 Å². The topological polar surface area (TPSA) is 96.3 Å². The zero-order chi connectivity index (χ0) is 21.2. The molecule has 162 valence electrons. The molecule has 1 fully saturated rings. The summed E-state index contributed by atoms with van der Waals surface area (Å²) >= 11 is 0. The number of hydrogen-bond acceptors (Lipinski definition) is 9. The monoisotopic (exact) mass is 408 g/mol. The van der Waals surface area contributed by atoms with E-state index < -0.39 is 11.9 Å². The third-order valence-corrected chi connectivity index (χ3v) is 4.23. The van der Waals surface area contributed by atoms with Crippen molar-refractivity contribution in [1.29, 1.82) is 0 Å². The first-order valence-electron chi connectivity index (χ1n) is 9.96. The molecule has 0 saturated carbocycles. The first-order chi connectivity index (χ1) is 14.0. The molecule has 0 bridgehead atoms.